The van der Waals surface area contributed by atoms with Gasteiger partial charge in [-0.2, -0.15) is 0 Å². The Hall–Kier alpha value is -4.32. The molecule has 36 heavy (non-hydrogen) atoms. The maximum absolute atomic E-state index is 11.7. The Balaban J connectivity index is 1.83. The monoisotopic (exact) mass is 486 g/mol. The fraction of sp³-hybridized carbons (Fsp3) is 0.200. The van der Waals surface area contributed by atoms with E-state index in [0.29, 0.717) is 45.7 Å². The number of esters is 2. The van der Waals surface area contributed by atoms with Crippen LogP contribution in [0.4, 0.5) is 0 Å². The van der Waals surface area contributed by atoms with Crippen molar-refractivity contribution in [3.05, 3.63) is 95.9 Å². The smallest absolute Gasteiger partial charge is 0.338 e. The van der Waals surface area contributed by atoms with Crippen LogP contribution in [0.3, 0.4) is 0 Å². The number of carbonyl (C=O) groups excluding carboxylic acids is 2. The lowest BCUT2D eigenvalue weighted by Gasteiger charge is -2.12. The Labute approximate surface area is 211 Å². The molecule has 6 heteroatoms. The second-order valence-electron chi connectivity index (χ2n) is 8.64. The normalized spacial score (nSPS) is 12.4. The molecule has 0 atom stereocenters. The fourth-order valence-electron chi connectivity index (χ4n) is 3.17. The van der Waals surface area contributed by atoms with E-state index in [1.54, 1.807) is 41.5 Å². The first-order chi connectivity index (χ1) is 16.9. The first kappa shape index (κ1) is 26.3. The van der Waals surface area contributed by atoms with E-state index in [2.05, 4.69) is 25.3 Å². The Morgan fingerprint density at radius 2 is 0.889 bits per heavy atom. The predicted molar refractivity (Wildman–Crippen MR) is 141 cm³/mol. The average Bonchev–Trinajstić information content (AvgIpc) is 2.82. The Morgan fingerprint density at radius 1 is 0.528 bits per heavy atom. The summed E-state index contributed by atoms with van der Waals surface area (Å²) in [5.74, 6) is 2.01. The van der Waals surface area contributed by atoms with Crippen molar-refractivity contribution in [3.63, 3.8) is 0 Å². The number of benzene rings is 3. The molecule has 6 nitrogen and oxygen atoms in total. The van der Waals surface area contributed by atoms with Gasteiger partial charge < -0.3 is 18.9 Å². The lowest BCUT2D eigenvalue weighted by atomic mass is 10.0. The molecule has 3 rings (SSSR count). The molecular formula is C30H30O6. The number of ether oxygens (including phenoxy) is 4. The van der Waals surface area contributed by atoms with E-state index in [4.69, 9.17) is 18.9 Å². The highest BCUT2D eigenvalue weighted by atomic mass is 16.6. The third-order valence-corrected chi connectivity index (χ3v) is 5.46. The zero-order chi connectivity index (χ0) is 26.6. The molecule has 0 saturated heterocycles. The molecule has 0 aliphatic rings. The molecule has 0 unspecified atom stereocenters. The SMILES string of the molecule is C=C(C)C(=O)OC(C)=C(C)Oc1ccc2cc3cc(OC(C)=C(C)OC(=O)C(=C)C)ccc3cc2c1. The van der Waals surface area contributed by atoms with E-state index in [0.717, 1.165) is 21.5 Å². The van der Waals surface area contributed by atoms with Crippen molar-refractivity contribution >= 4 is 33.5 Å². The van der Waals surface area contributed by atoms with Gasteiger partial charge in [0.1, 0.15) is 34.5 Å². The molecule has 0 N–H and O–H groups in total. The van der Waals surface area contributed by atoms with Gasteiger partial charge in [-0.3, -0.25) is 0 Å². The van der Waals surface area contributed by atoms with Gasteiger partial charge in [0.05, 0.1) is 0 Å². The Bertz CT molecular complexity index is 1340. The van der Waals surface area contributed by atoms with Crippen molar-refractivity contribution in [2.24, 2.45) is 0 Å². The highest BCUT2D eigenvalue weighted by Gasteiger charge is 2.11. The van der Waals surface area contributed by atoms with Gasteiger partial charge in [0, 0.05) is 11.1 Å². The first-order valence-corrected chi connectivity index (χ1v) is 11.4. The molecule has 0 radical (unpaired) electrons. The minimum atomic E-state index is -0.488. The third-order valence-electron chi connectivity index (χ3n) is 5.46. The van der Waals surface area contributed by atoms with Gasteiger partial charge in [-0.1, -0.05) is 25.3 Å². The van der Waals surface area contributed by atoms with Gasteiger partial charge in [0.25, 0.3) is 0 Å². The van der Waals surface area contributed by atoms with Crippen LogP contribution in [0.15, 0.2) is 95.9 Å². The number of rotatable bonds is 8. The molecule has 0 saturated carbocycles. The van der Waals surface area contributed by atoms with Gasteiger partial charge in [-0.25, -0.2) is 9.59 Å². The number of fused-ring (bicyclic) bond motifs is 2. The van der Waals surface area contributed by atoms with E-state index >= 15 is 0 Å². The third kappa shape index (κ3) is 6.42. The molecule has 0 bridgehead atoms. The fourth-order valence-corrected chi connectivity index (χ4v) is 3.17. The highest BCUT2D eigenvalue weighted by Crippen LogP contribution is 2.30. The highest BCUT2D eigenvalue weighted by molar-refractivity contribution is 5.99. The van der Waals surface area contributed by atoms with Crippen LogP contribution in [0.1, 0.15) is 41.5 Å². The molecule has 0 fully saturated rings. The second kappa shape index (κ2) is 11.0. The second-order valence-corrected chi connectivity index (χ2v) is 8.64. The van der Waals surface area contributed by atoms with Gasteiger partial charge in [-0.05, 0) is 99.5 Å². The maximum Gasteiger partial charge on any atom is 0.338 e. The number of allylic oxidation sites excluding steroid dienone is 4. The lowest BCUT2D eigenvalue weighted by molar-refractivity contribution is -0.136. The van der Waals surface area contributed by atoms with E-state index in [1.807, 2.05) is 36.4 Å². The summed E-state index contributed by atoms with van der Waals surface area (Å²) in [5.41, 5.74) is 0.640. The zero-order valence-electron chi connectivity index (χ0n) is 21.5. The molecule has 0 heterocycles. The minimum absolute atomic E-state index is 0.320. The summed E-state index contributed by atoms with van der Waals surface area (Å²) < 4.78 is 22.3. The molecule has 0 aromatic heterocycles. The lowest BCUT2D eigenvalue weighted by Crippen LogP contribution is -2.06. The topological polar surface area (TPSA) is 71.1 Å². The molecular weight excluding hydrogens is 456 g/mol. The quantitative estimate of drug-likeness (QED) is 0.142. The molecule has 3 aromatic carbocycles. The van der Waals surface area contributed by atoms with E-state index < -0.39 is 11.9 Å². The van der Waals surface area contributed by atoms with Crippen LogP contribution in [-0.2, 0) is 19.1 Å². The average molecular weight is 487 g/mol. The Morgan fingerprint density at radius 3 is 1.22 bits per heavy atom. The van der Waals surface area contributed by atoms with Crippen LogP contribution in [0.25, 0.3) is 21.5 Å². The molecule has 0 spiro atoms. The first-order valence-electron chi connectivity index (χ1n) is 11.4. The molecule has 3 aromatic rings. The number of hydrogen-bond donors (Lipinski definition) is 0. The van der Waals surface area contributed by atoms with Gasteiger partial charge in [-0.15, -0.1) is 0 Å². The van der Waals surface area contributed by atoms with Crippen LogP contribution >= 0.6 is 0 Å². The van der Waals surface area contributed by atoms with Crippen molar-refractivity contribution < 1.29 is 28.5 Å². The van der Waals surface area contributed by atoms with Crippen LogP contribution in [0.2, 0.25) is 0 Å². The van der Waals surface area contributed by atoms with Crippen molar-refractivity contribution in [2.45, 2.75) is 41.5 Å². The van der Waals surface area contributed by atoms with Gasteiger partial charge in [0.2, 0.25) is 0 Å². The van der Waals surface area contributed by atoms with Crippen molar-refractivity contribution in [3.8, 4) is 11.5 Å². The summed E-state index contributed by atoms with van der Waals surface area (Å²) in [7, 11) is 0. The van der Waals surface area contributed by atoms with Crippen molar-refractivity contribution in [1.29, 1.82) is 0 Å². The molecule has 0 aliphatic heterocycles. The number of carbonyl (C=O) groups is 2. The maximum atomic E-state index is 11.7. The van der Waals surface area contributed by atoms with E-state index in [-0.39, 0.29) is 0 Å². The molecule has 186 valence electrons. The predicted octanol–water partition coefficient (Wildman–Crippen LogP) is 7.49. The van der Waals surface area contributed by atoms with E-state index in [1.165, 1.54) is 0 Å². The van der Waals surface area contributed by atoms with E-state index in [9.17, 15) is 9.59 Å². The summed E-state index contributed by atoms with van der Waals surface area (Å²) in [6.45, 7) is 17.2. The van der Waals surface area contributed by atoms with Crippen LogP contribution in [-0.4, -0.2) is 11.9 Å². The summed E-state index contributed by atoms with van der Waals surface area (Å²) in [6.07, 6.45) is 0. The van der Waals surface area contributed by atoms with Crippen LogP contribution in [0, 0.1) is 0 Å². The summed E-state index contributed by atoms with van der Waals surface area (Å²) in [6, 6.07) is 15.6. The summed E-state index contributed by atoms with van der Waals surface area (Å²) >= 11 is 0. The van der Waals surface area contributed by atoms with Crippen LogP contribution < -0.4 is 9.47 Å². The van der Waals surface area contributed by atoms with Crippen molar-refractivity contribution in [2.75, 3.05) is 0 Å². The zero-order valence-corrected chi connectivity index (χ0v) is 21.5. The van der Waals surface area contributed by atoms with Crippen molar-refractivity contribution in [1.82, 2.24) is 0 Å². The summed E-state index contributed by atoms with van der Waals surface area (Å²) in [4.78, 5) is 23.5. The summed E-state index contributed by atoms with van der Waals surface area (Å²) in [5, 5.41) is 4.05. The van der Waals surface area contributed by atoms with Gasteiger partial charge >= 0.3 is 11.9 Å². The Kier molecular flexibility index (Phi) is 8.00. The van der Waals surface area contributed by atoms with Gasteiger partial charge in [0.15, 0.2) is 0 Å². The largest absolute Gasteiger partial charge is 0.458 e. The van der Waals surface area contributed by atoms with Crippen LogP contribution in [0.5, 0.6) is 11.5 Å². The minimum Gasteiger partial charge on any atom is -0.458 e. The molecule has 0 amide bonds. The standard InChI is InChI=1S/C30H30O6/c1-17(2)29(31)35-21(7)19(5)33-27-11-9-23-14-26-16-28(12-10-24(26)13-25(23)15-27)34-20(6)22(8)36-30(32)18(3)4/h9-16H,1,3H2,2,4-8H3. The number of hydrogen-bond acceptors (Lipinski definition) is 6. The molecule has 0 aliphatic carbocycles.